The van der Waals surface area contributed by atoms with Crippen LogP contribution in [0.1, 0.15) is 386 Å². The lowest BCUT2D eigenvalue weighted by Crippen LogP contribution is -2.45. The number of amides is 1. The number of esters is 1. The molecule has 80 heavy (non-hydrogen) atoms. The van der Waals surface area contributed by atoms with Crippen LogP contribution in [-0.4, -0.2) is 47.4 Å². The van der Waals surface area contributed by atoms with Gasteiger partial charge in [-0.1, -0.05) is 332 Å². The number of nitrogens with one attached hydrogen (secondary N) is 1. The van der Waals surface area contributed by atoms with Gasteiger partial charge in [0.05, 0.1) is 25.4 Å². The summed E-state index contributed by atoms with van der Waals surface area (Å²) >= 11 is 0. The van der Waals surface area contributed by atoms with Gasteiger partial charge in [-0.3, -0.25) is 9.59 Å². The quantitative estimate of drug-likeness (QED) is 0.0320. The Kier molecular flexibility index (Phi) is 67.4. The van der Waals surface area contributed by atoms with Crippen LogP contribution in [0.5, 0.6) is 0 Å². The Morgan fingerprint density at radius 1 is 0.350 bits per heavy atom. The van der Waals surface area contributed by atoms with E-state index in [4.69, 9.17) is 4.74 Å². The third kappa shape index (κ3) is 65.0. The van der Waals surface area contributed by atoms with Crippen molar-refractivity contribution in [3.63, 3.8) is 0 Å². The second kappa shape index (κ2) is 69.3. The fourth-order valence-corrected chi connectivity index (χ4v) is 11.1. The topological polar surface area (TPSA) is 95.9 Å². The van der Waals surface area contributed by atoms with E-state index < -0.39 is 12.1 Å². The number of aliphatic hydroxyl groups is 2. The molecular formula is C74H139NO5. The largest absolute Gasteiger partial charge is 0.466 e. The van der Waals surface area contributed by atoms with Crippen LogP contribution in [0.25, 0.3) is 0 Å². The predicted octanol–water partition coefficient (Wildman–Crippen LogP) is 23.3. The summed E-state index contributed by atoms with van der Waals surface area (Å²) in [5, 5.41) is 23.3. The third-order valence-electron chi connectivity index (χ3n) is 16.6. The van der Waals surface area contributed by atoms with Crippen molar-refractivity contribution in [1.82, 2.24) is 5.32 Å². The molecule has 0 aromatic rings. The number of carbonyl (C=O) groups excluding carboxylic acids is 2. The summed E-state index contributed by atoms with van der Waals surface area (Å²) in [6, 6.07) is -0.633. The van der Waals surface area contributed by atoms with Gasteiger partial charge >= 0.3 is 5.97 Å². The molecule has 0 aliphatic carbocycles. The molecule has 0 saturated carbocycles. The van der Waals surface area contributed by atoms with Crippen molar-refractivity contribution in [2.45, 2.75) is 398 Å². The molecule has 470 valence electrons. The van der Waals surface area contributed by atoms with Crippen molar-refractivity contribution in [3.05, 3.63) is 48.6 Å². The molecule has 0 bridgehead atoms. The smallest absolute Gasteiger partial charge is 0.305 e. The summed E-state index contributed by atoms with van der Waals surface area (Å²) in [6.07, 6.45) is 90.5. The summed E-state index contributed by atoms with van der Waals surface area (Å²) < 4.78 is 5.47. The van der Waals surface area contributed by atoms with Gasteiger partial charge in [0.2, 0.25) is 5.91 Å². The molecule has 0 spiro atoms. The molecule has 2 unspecified atom stereocenters. The zero-order valence-electron chi connectivity index (χ0n) is 53.8. The van der Waals surface area contributed by atoms with E-state index in [0.29, 0.717) is 19.4 Å². The van der Waals surface area contributed by atoms with Crippen molar-refractivity contribution in [2.24, 2.45) is 0 Å². The number of aliphatic hydroxyl groups excluding tert-OH is 2. The average Bonchev–Trinajstić information content (AvgIpc) is 3.46. The van der Waals surface area contributed by atoms with Crippen LogP contribution in [0.15, 0.2) is 48.6 Å². The van der Waals surface area contributed by atoms with Gasteiger partial charge in [0.15, 0.2) is 0 Å². The maximum atomic E-state index is 12.5. The fraction of sp³-hybridized carbons (Fsp3) is 0.865. The highest BCUT2D eigenvalue weighted by atomic mass is 16.5. The van der Waals surface area contributed by atoms with Crippen LogP contribution in [-0.2, 0) is 14.3 Å². The number of rotatable bonds is 67. The fourth-order valence-electron chi connectivity index (χ4n) is 11.1. The number of unbranched alkanes of at least 4 members (excludes halogenated alkanes) is 50. The molecule has 3 N–H and O–H groups in total. The molecule has 0 aliphatic rings. The van der Waals surface area contributed by atoms with Crippen LogP contribution >= 0.6 is 0 Å². The normalized spacial score (nSPS) is 12.8. The van der Waals surface area contributed by atoms with E-state index in [1.54, 1.807) is 6.08 Å². The van der Waals surface area contributed by atoms with E-state index in [0.717, 1.165) is 51.4 Å². The number of ether oxygens (including phenoxy) is 1. The van der Waals surface area contributed by atoms with Gasteiger partial charge in [-0.15, -0.1) is 0 Å². The third-order valence-corrected chi connectivity index (χ3v) is 16.6. The first-order valence-corrected chi connectivity index (χ1v) is 35.9. The van der Waals surface area contributed by atoms with Crippen molar-refractivity contribution in [3.8, 4) is 0 Å². The van der Waals surface area contributed by atoms with Gasteiger partial charge in [-0.2, -0.15) is 0 Å². The first-order chi connectivity index (χ1) is 39.5. The van der Waals surface area contributed by atoms with Gasteiger partial charge < -0.3 is 20.3 Å². The van der Waals surface area contributed by atoms with Crippen molar-refractivity contribution < 1.29 is 24.5 Å². The van der Waals surface area contributed by atoms with Crippen LogP contribution in [0.3, 0.4) is 0 Å². The van der Waals surface area contributed by atoms with E-state index in [-0.39, 0.29) is 18.5 Å². The molecule has 0 aliphatic heterocycles. The molecule has 0 aromatic heterocycles. The number of hydrogen-bond donors (Lipinski definition) is 3. The van der Waals surface area contributed by atoms with Crippen LogP contribution in [0.2, 0.25) is 0 Å². The highest BCUT2D eigenvalue weighted by Gasteiger charge is 2.18. The summed E-state index contributed by atoms with van der Waals surface area (Å²) in [5.41, 5.74) is 0. The Labute approximate surface area is 499 Å². The van der Waals surface area contributed by atoms with Crippen LogP contribution < -0.4 is 5.32 Å². The van der Waals surface area contributed by atoms with E-state index in [9.17, 15) is 19.8 Å². The molecule has 0 aromatic carbocycles. The van der Waals surface area contributed by atoms with E-state index in [1.165, 1.54) is 308 Å². The average molecular weight is 1120 g/mol. The Morgan fingerprint density at radius 3 is 0.988 bits per heavy atom. The summed E-state index contributed by atoms with van der Waals surface area (Å²) in [5.74, 6) is -0.0673. The maximum Gasteiger partial charge on any atom is 0.305 e. The highest BCUT2D eigenvalue weighted by molar-refractivity contribution is 5.76. The summed E-state index contributed by atoms with van der Waals surface area (Å²) in [6.45, 7) is 4.90. The first-order valence-electron chi connectivity index (χ1n) is 35.9. The molecule has 0 fully saturated rings. The lowest BCUT2D eigenvalue weighted by Gasteiger charge is -2.20. The monoisotopic (exact) mass is 1120 g/mol. The second-order valence-corrected chi connectivity index (χ2v) is 24.6. The van der Waals surface area contributed by atoms with Gasteiger partial charge in [0.1, 0.15) is 0 Å². The lowest BCUT2D eigenvalue weighted by atomic mass is 10.0. The molecule has 0 heterocycles. The SMILES string of the molecule is CCCCC/C=C\CCCCCCCC(=O)OCCCCCCCCCCC/C=C\C/C=C\CCCCCCCCCCCCCC(=O)NC(CO)C(O)/C=C/CCCCCCCCCCCCCCCCCCCCCCCC. The maximum absolute atomic E-state index is 12.5. The standard InChI is InChI=1S/C74H139NO5/c1-3-5-7-9-11-13-15-17-18-19-20-21-22-28-31-34-37-40-43-46-50-54-58-62-66-72(77)71(70-76)75-73(78)67-63-59-55-51-47-44-41-38-35-32-29-26-24-23-25-27-30-33-36-39-42-45-49-53-57-61-65-69-80-74(79)68-64-60-56-52-48-16-14-12-10-8-6-4-2/h12,14,23-24,27,30,62,66,71-72,76-77H,3-11,13,15-22,25-26,28-29,31-61,63-65,67-70H2,1-2H3,(H,75,78)/b14-12-,24-23-,30-27-,66-62+. The molecule has 0 radical (unpaired) electrons. The molecule has 6 heteroatoms. The molecule has 0 rings (SSSR count). The zero-order chi connectivity index (χ0) is 57.8. The minimum absolute atomic E-state index is 0.000276. The van der Waals surface area contributed by atoms with Gasteiger partial charge in [-0.05, 0) is 89.9 Å². The Bertz CT molecular complexity index is 1340. The summed E-state index contributed by atoms with van der Waals surface area (Å²) in [7, 11) is 0. The van der Waals surface area contributed by atoms with Gasteiger partial charge in [0.25, 0.3) is 0 Å². The van der Waals surface area contributed by atoms with Crippen molar-refractivity contribution in [1.29, 1.82) is 0 Å². The Hall–Kier alpha value is -2.18. The lowest BCUT2D eigenvalue weighted by molar-refractivity contribution is -0.143. The number of hydrogen-bond acceptors (Lipinski definition) is 5. The Morgan fingerprint density at radius 2 is 0.625 bits per heavy atom. The van der Waals surface area contributed by atoms with Gasteiger partial charge in [-0.25, -0.2) is 0 Å². The molecule has 1 amide bonds. The first kappa shape index (κ1) is 77.8. The summed E-state index contributed by atoms with van der Waals surface area (Å²) in [4.78, 5) is 24.6. The Balaban J connectivity index is 3.45. The highest BCUT2D eigenvalue weighted by Crippen LogP contribution is 2.18. The number of carbonyl (C=O) groups is 2. The minimum atomic E-state index is -0.849. The molecule has 0 saturated heterocycles. The van der Waals surface area contributed by atoms with Gasteiger partial charge in [0, 0.05) is 12.8 Å². The van der Waals surface area contributed by atoms with E-state index in [2.05, 4.69) is 55.6 Å². The van der Waals surface area contributed by atoms with Crippen molar-refractivity contribution >= 4 is 11.9 Å². The second-order valence-electron chi connectivity index (χ2n) is 24.6. The predicted molar refractivity (Wildman–Crippen MR) is 352 cm³/mol. The zero-order valence-corrected chi connectivity index (χ0v) is 53.8. The molecule has 6 nitrogen and oxygen atoms in total. The van der Waals surface area contributed by atoms with E-state index in [1.807, 2.05) is 6.08 Å². The van der Waals surface area contributed by atoms with Crippen LogP contribution in [0.4, 0.5) is 0 Å². The van der Waals surface area contributed by atoms with E-state index >= 15 is 0 Å². The number of allylic oxidation sites excluding steroid dienone is 7. The molecular weight excluding hydrogens is 983 g/mol. The van der Waals surface area contributed by atoms with Crippen molar-refractivity contribution in [2.75, 3.05) is 13.2 Å². The minimum Gasteiger partial charge on any atom is -0.466 e. The van der Waals surface area contributed by atoms with Crippen LogP contribution in [0, 0.1) is 0 Å². The molecule has 2 atom stereocenters.